The molecule has 0 atom stereocenters. The summed E-state index contributed by atoms with van der Waals surface area (Å²) in [5.41, 5.74) is 29.8. The normalized spacial score (nSPS) is 13.1. The highest BCUT2D eigenvalue weighted by atomic mass is 16.3. The van der Waals surface area contributed by atoms with E-state index in [0.29, 0.717) is 0 Å². The Hall–Kier alpha value is -9.76. The van der Waals surface area contributed by atoms with Crippen LogP contribution < -0.4 is 4.90 Å². The number of anilines is 3. The van der Waals surface area contributed by atoms with E-state index in [1.54, 1.807) is 0 Å². The molecule has 3 aliphatic rings. The maximum Gasteiger partial charge on any atom is 0.143 e. The van der Waals surface area contributed by atoms with E-state index < -0.39 is 5.41 Å². The molecule has 0 saturated heterocycles. The standard InChI is InChI=1S/C74H47NO/c1-2-17-47(18-3-1)48-35-38-53(39-36-48)75(55-40-42-57-52(46-55)44-51-43-50(37-41-56(51)57)59-28-15-29-65-64-25-9-13-34-71(64)76-73(59)65)54-20-14-19-49(45-54)58-27-16-33-70-72(58)66-26-8-12-32-69(66)74(70)67-30-10-6-23-62(67)60-21-4-5-22-61(60)63-24-7-11-31-68(63)74/h1-43,45-46H,44H2. The van der Waals surface area contributed by atoms with Crippen LogP contribution in [0.25, 0.3) is 99.8 Å². The van der Waals surface area contributed by atoms with Crippen LogP contribution in [0.15, 0.2) is 277 Å². The quantitative estimate of drug-likeness (QED) is 0.165. The van der Waals surface area contributed by atoms with E-state index in [0.717, 1.165) is 51.0 Å². The van der Waals surface area contributed by atoms with E-state index >= 15 is 0 Å². The van der Waals surface area contributed by atoms with Crippen molar-refractivity contribution in [2.45, 2.75) is 11.8 Å². The number of para-hydroxylation sites is 2. The van der Waals surface area contributed by atoms with Crippen molar-refractivity contribution in [1.82, 2.24) is 0 Å². The van der Waals surface area contributed by atoms with Gasteiger partial charge in [0, 0.05) is 33.4 Å². The molecule has 354 valence electrons. The zero-order valence-corrected chi connectivity index (χ0v) is 41.5. The Morgan fingerprint density at radius 2 is 0.776 bits per heavy atom. The van der Waals surface area contributed by atoms with Crippen LogP contribution in [0, 0.1) is 0 Å². The number of rotatable bonds is 6. The maximum absolute atomic E-state index is 6.51. The fraction of sp³-hybridized carbons (Fsp3) is 0.0270. The molecule has 0 N–H and O–H groups in total. The molecule has 0 bridgehead atoms. The third-order valence-corrected chi connectivity index (χ3v) is 16.7. The van der Waals surface area contributed by atoms with E-state index in [4.69, 9.17) is 4.42 Å². The average molecular weight is 966 g/mol. The third kappa shape index (κ3) is 6.22. The first-order valence-corrected chi connectivity index (χ1v) is 26.4. The van der Waals surface area contributed by atoms with Crippen molar-refractivity contribution in [3.63, 3.8) is 0 Å². The van der Waals surface area contributed by atoms with Gasteiger partial charge in [0.2, 0.25) is 0 Å². The summed E-state index contributed by atoms with van der Waals surface area (Å²) in [6.07, 6.45) is 0.845. The minimum absolute atomic E-state index is 0.554. The Bertz CT molecular complexity index is 4430. The second-order valence-corrected chi connectivity index (χ2v) is 20.6. The van der Waals surface area contributed by atoms with Gasteiger partial charge in [0.25, 0.3) is 0 Å². The topological polar surface area (TPSA) is 16.4 Å². The minimum atomic E-state index is -0.554. The summed E-state index contributed by atoms with van der Waals surface area (Å²) < 4.78 is 6.51. The van der Waals surface area contributed by atoms with Crippen molar-refractivity contribution >= 4 is 39.0 Å². The van der Waals surface area contributed by atoms with Gasteiger partial charge < -0.3 is 9.32 Å². The average Bonchev–Trinajstić information content (AvgIpc) is 4.34. The summed E-state index contributed by atoms with van der Waals surface area (Å²) in [6, 6.07) is 101. The van der Waals surface area contributed by atoms with E-state index in [2.05, 4.69) is 272 Å². The Kier molecular flexibility index (Phi) is 9.35. The van der Waals surface area contributed by atoms with Crippen LogP contribution in [0.3, 0.4) is 0 Å². The highest BCUT2D eigenvalue weighted by Gasteiger charge is 2.50. The molecule has 0 aliphatic heterocycles. The van der Waals surface area contributed by atoms with Crippen molar-refractivity contribution < 1.29 is 4.42 Å². The van der Waals surface area contributed by atoms with Gasteiger partial charge in [-0.3, -0.25) is 0 Å². The highest BCUT2D eigenvalue weighted by Crippen LogP contribution is 2.63. The Balaban J connectivity index is 0.839. The fourth-order valence-corrected chi connectivity index (χ4v) is 13.5. The van der Waals surface area contributed by atoms with Gasteiger partial charge in [-0.05, 0) is 155 Å². The van der Waals surface area contributed by atoms with E-state index in [9.17, 15) is 0 Å². The van der Waals surface area contributed by atoms with E-state index in [1.807, 2.05) is 6.07 Å². The monoisotopic (exact) mass is 965 g/mol. The zero-order chi connectivity index (χ0) is 49.9. The number of nitrogens with zero attached hydrogens (tertiary/aromatic N) is 1. The third-order valence-electron chi connectivity index (χ3n) is 16.7. The maximum atomic E-state index is 6.51. The molecule has 0 amide bonds. The molecular formula is C74H47NO. The Morgan fingerprint density at radius 1 is 0.289 bits per heavy atom. The fourth-order valence-electron chi connectivity index (χ4n) is 13.5. The number of fused-ring (bicyclic) bond motifs is 18. The van der Waals surface area contributed by atoms with Crippen LogP contribution in [-0.4, -0.2) is 0 Å². The first-order chi connectivity index (χ1) is 37.7. The summed E-state index contributed by atoms with van der Waals surface area (Å²) in [4.78, 5) is 2.45. The summed E-state index contributed by atoms with van der Waals surface area (Å²) in [6.45, 7) is 0. The van der Waals surface area contributed by atoms with Crippen LogP contribution in [0.2, 0.25) is 0 Å². The summed E-state index contributed by atoms with van der Waals surface area (Å²) >= 11 is 0. The molecule has 3 aliphatic carbocycles. The molecule has 0 unspecified atom stereocenters. The second kappa shape index (κ2) is 16.6. The van der Waals surface area contributed by atoms with Gasteiger partial charge >= 0.3 is 0 Å². The Morgan fingerprint density at radius 3 is 1.54 bits per heavy atom. The minimum Gasteiger partial charge on any atom is -0.455 e. The van der Waals surface area contributed by atoms with E-state index in [-0.39, 0.29) is 0 Å². The second-order valence-electron chi connectivity index (χ2n) is 20.6. The van der Waals surface area contributed by atoms with Gasteiger partial charge in [0.05, 0.1) is 5.41 Å². The van der Waals surface area contributed by atoms with Crippen molar-refractivity contribution in [2.24, 2.45) is 0 Å². The molecule has 16 rings (SSSR count). The largest absolute Gasteiger partial charge is 0.455 e. The van der Waals surface area contributed by atoms with Crippen molar-refractivity contribution in [2.75, 3.05) is 4.90 Å². The zero-order valence-electron chi connectivity index (χ0n) is 41.5. The summed E-state index contributed by atoms with van der Waals surface area (Å²) in [5, 5.41) is 2.30. The molecule has 1 aromatic heterocycles. The lowest BCUT2D eigenvalue weighted by molar-refractivity contribution is 0.670. The van der Waals surface area contributed by atoms with Gasteiger partial charge in [-0.2, -0.15) is 0 Å². The number of benzene rings is 12. The molecule has 2 nitrogen and oxygen atoms in total. The van der Waals surface area contributed by atoms with Gasteiger partial charge in [-0.25, -0.2) is 0 Å². The summed E-state index contributed by atoms with van der Waals surface area (Å²) in [7, 11) is 0. The molecule has 0 radical (unpaired) electrons. The molecular weight excluding hydrogens is 919 g/mol. The van der Waals surface area contributed by atoms with E-state index in [1.165, 1.54) is 106 Å². The van der Waals surface area contributed by atoms with Crippen molar-refractivity contribution in [3.05, 3.63) is 306 Å². The molecule has 13 aromatic rings. The molecule has 0 fully saturated rings. The predicted octanol–water partition coefficient (Wildman–Crippen LogP) is 19.6. The van der Waals surface area contributed by atoms with Gasteiger partial charge in [-0.1, -0.05) is 231 Å². The molecule has 12 aromatic carbocycles. The lowest BCUT2D eigenvalue weighted by atomic mass is 9.66. The lowest BCUT2D eigenvalue weighted by Crippen LogP contribution is -2.29. The summed E-state index contributed by atoms with van der Waals surface area (Å²) in [5.74, 6) is 0. The predicted molar refractivity (Wildman–Crippen MR) is 315 cm³/mol. The SMILES string of the molecule is c1ccc(-c2ccc(N(c3cccc(-c4cccc5c4-c4ccccc4C54c5ccccc5-c5ccccc5-c5ccccc54)c3)c3ccc4c(c3)Cc3cc(-c5cccc6c5oc5ccccc56)ccc3-4)cc2)cc1. The van der Waals surface area contributed by atoms with Gasteiger partial charge in [-0.15, -0.1) is 0 Å². The molecule has 0 saturated carbocycles. The van der Waals surface area contributed by atoms with Crippen molar-refractivity contribution in [1.29, 1.82) is 0 Å². The highest BCUT2D eigenvalue weighted by molar-refractivity contribution is 6.10. The lowest BCUT2D eigenvalue weighted by Gasteiger charge is -2.35. The smallest absolute Gasteiger partial charge is 0.143 e. The Labute approximate surface area is 442 Å². The van der Waals surface area contributed by atoms with Crippen LogP contribution in [0.4, 0.5) is 17.1 Å². The van der Waals surface area contributed by atoms with Gasteiger partial charge in [0.15, 0.2) is 0 Å². The van der Waals surface area contributed by atoms with Crippen LogP contribution in [0.5, 0.6) is 0 Å². The molecule has 2 heteroatoms. The first-order valence-electron chi connectivity index (χ1n) is 26.4. The van der Waals surface area contributed by atoms with Gasteiger partial charge in [0.1, 0.15) is 11.2 Å². The molecule has 1 heterocycles. The number of hydrogen-bond acceptors (Lipinski definition) is 2. The molecule has 76 heavy (non-hydrogen) atoms. The van der Waals surface area contributed by atoms with Crippen LogP contribution >= 0.6 is 0 Å². The number of hydrogen-bond donors (Lipinski definition) is 0. The molecule has 1 spiro atoms. The number of furan rings is 1. The first kappa shape index (κ1) is 42.7. The van der Waals surface area contributed by atoms with Crippen LogP contribution in [0.1, 0.15) is 33.4 Å². The van der Waals surface area contributed by atoms with Crippen molar-refractivity contribution in [3.8, 4) is 77.9 Å². The van der Waals surface area contributed by atoms with Crippen LogP contribution in [-0.2, 0) is 11.8 Å².